The van der Waals surface area contributed by atoms with Gasteiger partial charge in [-0.2, -0.15) is 0 Å². The molecule has 0 spiro atoms. The molecule has 0 fully saturated rings. The molecule has 1 unspecified atom stereocenters. The van der Waals surface area contributed by atoms with Crippen molar-refractivity contribution in [3.05, 3.63) is 63.9 Å². The molecule has 4 heteroatoms. The lowest BCUT2D eigenvalue weighted by Gasteiger charge is -2.15. The van der Waals surface area contributed by atoms with Crippen molar-refractivity contribution in [2.75, 3.05) is 7.11 Å². The van der Waals surface area contributed by atoms with Gasteiger partial charge in [-0.25, -0.2) is 4.39 Å². The van der Waals surface area contributed by atoms with Crippen molar-refractivity contribution in [2.45, 2.75) is 13.0 Å². The van der Waals surface area contributed by atoms with Crippen molar-refractivity contribution in [1.82, 2.24) is 0 Å². The highest BCUT2D eigenvalue weighted by Crippen LogP contribution is 2.27. The molecule has 0 bridgehead atoms. The Hall–Kier alpha value is -1.58. The Morgan fingerprint density at radius 1 is 1.16 bits per heavy atom. The fourth-order valence-corrected chi connectivity index (χ4v) is 2.18. The Labute approximate surface area is 117 Å². The van der Waals surface area contributed by atoms with Gasteiger partial charge in [0.15, 0.2) is 0 Å². The van der Waals surface area contributed by atoms with Crippen molar-refractivity contribution in [2.24, 2.45) is 5.73 Å². The zero-order valence-electron chi connectivity index (χ0n) is 10.8. The highest BCUT2D eigenvalue weighted by atomic mass is 35.5. The minimum atomic E-state index is -0.441. The van der Waals surface area contributed by atoms with Gasteiger partial charge in [-0.05, 0) is 41.8 Å². The third-order valence-electron chi connectivity index (χ3n) is 3.08. The van der Waals surface area contributed by atoms with Crippen LogP contribution in [0.15, 0.2) is 36.4 Å². The third kappa shape index (κ3) is 2.88. The Bertz CT molecular complexity index is 601. The Morgan fingerprint density at radius 3 is 2.37 bits per heavy atom. The minimum Gasteiger partial charge on any atom is -0.496 e. The Morgan fingerprint density at radius 2 is 1.79 bits per heavy atom. The average molecular weight is 280 g/mol. The lowest BCUT2D eigenvalue weighted by Crippen LogP contribution is -2.12. The third-order valence-corrected chi connectivity index (χ3v) is 3.37. The average Bonchev–Trinajstić information content (AvgIpc) is 2.41. The molecular formula is C15H15ClFNO. The number of hydrogen-bond donors (Lipinski definition) is 1. The first-order valence-corrected chi connectivity index (χ1v) is 6.26. The largest absolute Gasteiger partial charge is 0.496 e. The maximum Gasteiger partial charge on any atom is 0.141 e. The van der Waals surface area contributed by atoms with Crippen LogP contribution in [0.3, 0.4) is 0 Å². The minimum absolute atomic E-state index is 0.0817. The molecule has 2 aromatic carbocycles. The number of aryl methyl sites for hydroxylation is 1. The van der Waals surface area contributed by atoms with E-state index in [1.807, 2.05) is 25.1 Å². The summed E-state index contributed by atoms with van der Waals surface area (Å²) >= 11 is 5.77. The summed E-state index contributed by atoms with van der Waals surface area (Å²) in [7, 11) is 1.63. The monoisotopic (exact) mass is 279 g/mol. The van der Waals surface area contributed by atoms with E-state index in [-0.39, 0.29) is 11.1 Å². The van der Waals surface area contributed by atoms with E-state index >= 15 is 0 Å². The number of hydrogen-bond acceptors (Lipinski definition) is 2. The van der Waals surface area contributed by atoms with Gasteiger partial charge in [0.2, 0.25) is 0 Å². The van der Waals surface area contributed by atoms with Gasteiger partial charge in [0.05, 0.1) is 18.2 Å². The zero-order valence-corrected chi connectivity index (χ0v) is 11.5. The molecule has 0 aromatic heterocycles. The number of nitrogens with two attached hydrogens (primary N) is 1. The van der Waals surface area contributed by atoms with E-state index in [9.17, 15) is 4.39 Å². The first-order valence-electron chi connectivity index (χ1n) is 5.88. The Kier molecular flexibility index (Phi) is 4.08. The molecule has 100 valence electrons. The van der Waals surface area contributed by atoms with Gasteiger partial charge in [-0.15, -0.1) is 0 Å². The summed E-state index contributed by atoms with van der Waals surface area (Å²) < 4.78 is 18.3. The molecule has 0 saturated carbocycles. The molecule has 2 nitrogen and oxygen atoms in total. The van der Waals surface area contributed by atoms with Gasteiger partial charge in [0, 0.05) is 0 Å². The fraction of sp³-hybridized carbons (Fsp3) is 0.200. The highest BCUT2D eigenvalue weighted by molar-refractivity contribution is 6.30. The maximum absolute atomic E-state index is 13.1. The molecule has 0 radical (unpaired) electrons. The van der Waals surface area contributed by atoms with Crippen LogP contribution in [0.4, 0.5) is 4.39 Å². The van der Waals surface area contributed by atoms with E-state index in [1.165, 1.54) is 6.07 Å². The summed E-state index contributed by atoms with van der Waals surface area (Å²) in [4.78, 5) is 0. The van der Waals surface area contributed by atoms with Gasteiger partial charge in [0.1, 0.15) is 11.6 Å². The Balaban J connectivity index is 2.35. The molecule has 0 amide bonds. The van der Waals surface area contributed by atoms with Crippen LogP contribution in [0.1, 0.15) is 22.7 Å². The van der Waals surface area contributed by atoms with Crippen molar-refractivity contribution in [3.63, 3.8) is 0 Å². The zero-order chi connectivity index (χ0) is 14.0. The van der Waals surface area contributed by atoms with Gasteiger partial charge in [-0.1, -0.05) is 29.8 Å². The fourth-order valence-electron chi connectivity index (χ4n) is 1.99. The lowest BCUT2D eigenvalue weighted by molar-refractivity contribution is 0.411. The molecule has 1 atom stereocenters. The summed E-state index contributed by atoms with van der Waals surface area (Å²) in [6.07, 6.45) is 0. The predicted octanol–water partition coefficient (Wildman–Crippen LogP) is 3.84. The van der Waals surface area contributed by atoms with E-state index in [1.54, 1.807) is 19.2 Å². The van der Waals surface area contributed by atoms with E-state index in [2.05, 4.69) is 0 Å². The van der Waals surface area contributed by atoms with Crippen LogP contribution >= 0.6 is 11.6 Å². The molecule has 2 rings (SSSR count). The van der Waals surface area contributed by atoms with Crippen LogP contribution in [-0.2, 0) is 0 Å². The molecule has 0 aliphatic rings. The maximum atomic E-state index is 13.1. The smallest absolute Gasteiger partial charge is 0.141 e. The molecule has 2 N–H and O–H groups in total. The van der Waals surface area contributed by atoms with Gasteiger partial charge < -0.3 is 10.5 Å². The molecule has 0 aliphatic carbocycles. The van der Waals surface area contributed by atoms with Crippen LogP contribution in [0.5, 0.6) is 5.75 Å². The summed E-state index contributed by atoms with van der Waals surface area (Å²) in [5.41, 5.74) is 8.88. The van der Waals surface area contributed by atoms with Crippen LogP contribution in [0, 0.1) is 12.7 Å². The van der Waals surface area contributed by atoms with Crippen molar-refractivity contribution >= 4 is 11.6 Å². The molecule has 2 aromatic rings. The van der Waals surface area contributed by atoms with Crippen LogP contribution in [0.2, 0.25) is 5.02 Å². The normalized spacial score (nSPS) is 12.3. The van der Waals surface area contributed by atoms with Crippen LogP contribution in [0.25, 0.3) is 0 Å². The molecule has 0 saturated heterocycles. The lowest BCUT2D eigenvalue weighted by atomic mass is 9.98. The number of methoxy groups -OCH3 is 1. The number of ether oxygens (including phenoxy) is 1. The molecule has 0 aliphatic heterocycles. The predicted molar refractivity (Wildman–Crippen MR) is 75.2 cm³/mol. The quantitative estimate of drug-likeness (QED) is 0.926. The van der Waals surface area contributed by atoms with Crippen molar-refractivity contribution in [1.29, 1.82) is 0 Å². The summed E-state index contributed by atoms with van der Waals surface area (Å²) in [6, 6.07) is 9.91. The first-order chi connectivity index (χ1) is 9.02. The summed E-state index contributed by atoms with van der Waals surface area (Å²) in [5, 5.41) is 0.0817. The summed E-state index contributed by atoms with van der Waals surface area (Å²) in [6.45, 7) is 1.95. The second-order valence-electron chi connectivity index (χ2n) is 4.38. The van der Waals surface area contributed by atoms with E-state index in [0.29, 0.717) is 0 Å². The standard InChI is InChI=1S/C15H15ClFNO/c1-9-7-10(4-6-14(9)19-2)15(18)11-3-5-13(17)12(16)8-11/h3-8,15H,18H2,1-2H3. The van der Waals surface area contributed by atoms with E-state index in [0.717, 1.165) is 22.4 Å². The number of rotatable bonds is 3. The number of benzene rings is 2. The van der Waals surface area contributed by atoms with Crippen molar-refractivity contribution < 1.29 is 9.13 Å². The van der Waals surface area contributed by atoms with Gasteiger partial charge in [0.25, 0.3) is 0 Å². The van der Waals surface area contributed by atoms with Crippen LogP contribution < -0.4 is 10.5 Å². The second-order valence-corrected chi connectivity index (χ2v) is 4.79. The van der Waals surface area contributed by atoms with Crippen LogP contribution in [-0.4, -0.2) is 7.11 Å². The van der Waals surface area contributed by atoms with E-state index < -0.39 is 5.82 Å². The van der Waals surface area contributed by atoms with Gasteiger partial charge in [-0.3, -0.25) is 0 Å². The number of halogens is 2. The molecular weight excluding hydrogens is 265 g/mol. The molecule has 0 heterocycles. The second kappa shape index (κ2) is 5.59. The topological polar surface area (TPSA) is 35.2 Å². The highest BCUT2D eigenvalue weighted by Gasteiger charge is 2.12. The van der Waals surface area contributed by atoms with Gasteiger partial charge >= 0.3 is 0 Å². The summed E-state index contributed by atoms with van der Waals surface area (Å²) in [5.74, 6) is 0.372. The SMILES string of the molecule is COc1ccc(C(N)c2ccc(F)c(Cl)c2)cc1C. The first kappa shape index (κ1) is 13.8. The molecule has 19 heavy (non-hydrogen) atoms. The van der Waals surface area contributed by atoms with E-state index in [4.69, 9.17) is 22.1 Å². The van der Waals surface area contributed by atoms with Crippen molar-refractivity contribution in [3.8, 4) is 5.75 Å².